The summed E-state index contributed by atoms with van der Waals surface area (Å²) in [5.41, 5.74) is 1.29. The molecule has 1 N–H and O–H groups in total. The largest absolute Gasteiger partial charge is 0.493 e. The Kier molecular flexibility index (Phi) is 8.34. The summed E-state index contributed by atoms with van der Waals surface area (Å²) in [6, 6.07) is 11.1. The number of para-hydroxylation sites is 1. The van der Waals surface area contributed by atoms with E-state index in [1.807, 2.05) is 13.8 Å². The van der Waals surface area contributed by atoms with Gasteiger partial charge in [0.1, 0.15) is 0 Å². The van der Waals surface area contributed by atoms with Crippen LogP contribution in [-0.4, -0.2) is 43.5 Å². The van der Waals surface area contributed by atoms with E-state index in [2.05, 4.69) is 10.1 Å². The topological polar surface area (TPSA) is 67.9 Å². The summed E-state index contributed by atoms with van der Waals surface area (Å²) in [5.74, 6) is -0.573. The summed E-state index contributed by atoms with van der Waals surface area (Å²) in [4.78, 5) is 26.2. The van der Waals surface area contributed by atoms with Crippen molar-refractivity contribution < 1.29 is 27.8 Å². The van der Waals surface area contributed by atoms with Crippen molar-refractivity contribution in [3.8, 4) is 11.5 Å². The molecule has 160 valence electrons. The molecule has 2 amide bonds. The van der Waals surface area contributed by atoms with E-state index in [0.29, 0.717) is 24.3 Å². The van der Waals surface area contributed by atoms with Crippen LogP contribution in [0.25, 0.3) is 6.08 Å². The Morgan fingerprint density at radius 3 is 2.33 bits per heavy atom. The van der Waals surface area contributed by atoms with E-state index in [1.54, 1.807) is 35.2 Å². The second kappa shape index (κ2) is 10.9. The minimum Gasteiger partial charge on any atom is -0.493 e. The fraction of sp³-hybridized carbons (Fsp3) is 0.273. The van der Waals surface area contributed by atoms with Crippen molar-refractivity contribution in [2.75, 3.05) is 25.5 Å². The molecule has 2 aromatic rings. The molecule has 0 spiro atoms. The number of nitrogens with one attached hydrogen (secondary N) is 1. The third kappa shape index (κ3) is 6.04. The average molecular weight is 418 g/mol. The summed E-state index contributed by atoms with van der Waals surface area (Å²) in [5, 5.41) is 2.65. The fourth-order valence-electron chi connectivity index (χ4n) is 2.78. The van der Waals surface area contributed by atoms with Gasteiger partial charge in [-0.05, 0) is 50.3 Å². The number of rotatable bonds is 9. The SMILES string of the molecule is CCN(CC)C(=O)c1ccc(NC(=O)/C=C/c2cccc(OC)c2OC(F)F)cc1. The van der Waals surface area contributed by atoms with Gasteiger partial charge in [-0.1, -0.05) is 12.1 Å². The second-order valence-corrected chi connectivity index (χ2v) is 6.13. The van der Waals surface area contributed by atoms with Gasteiger partial charge in [0.2, 0.25) is 5.91 Å². The molecule has 8 heteroatoms. The Labute approximate surface area is 174 Å². The van der Waals surface area contributed by atoms with Gasteiger partial charge >= 0.3 is 6.61 Å². The first-order chi connectivity index (χ1) is 14.4. The smallest absolute Gasteiger partial charge is 0.387 e. The molecule has 30 heavy (non-hydrogen) atoms. The summed E-state index contributed by atoms with van der Waals surface area (Å²) < 4.78 is 34.9. The molecule has 2 rings (SSSR count). The number of carbonyl (C=O) groups is 2. The Bertz CT molecular complexity index is 895. The third-order valence-electron chi connectivity index (χ3n) is 4.30. The lowest BCUT2D eigenvalue weighted by Gasteiger charge is -2.18. The average Bonchev–Trinajstić information content (AvgIpc) is 2.73. The number of alkyl halides is 2. The van der Waals surface area contributed by atoms with Crippen LogP contribution in [0.1, 0.15) is 29.8 Å². The van der Waals surface area contributed by atoms with Gasteiger partial charge in [-0.25, -0.2) is 0 Å². The molecule has 0 radical (unpaired) electrons. The van der Waals surface area contributed by atoms with Crippen LogP contribution in [0.5, 0.6) is 11.5 Å². The molecule has 0 aliphatic rings. The Balaban J connectivity index is 2.09. The molecule has 0 heterocycles. The van der Waals surface area contributed by atoms with Crippen LogP contribution in [0.3, 0.4) is 0 Å². The van der Waals surface area contributed by atoms with Crippen LogP contribution in [0.2, 0.25) is 0 Å². The third-order valence-corrected chi connectivity index (χ3v) is 4.30. The monoisotopic (exact) mass is 418 g/mol. The van der Waals surface area contributed by atoms with Gasteiger partial charge in [0.15, 0.2) is 11.5 Å². The number of nitrogens with zero attached hydrogens (tertiary/aromatic N) is 1. The van der Waals surface area contributed by atoms with Crippen molar-refractivity contribution in [2.24, 2.45) is 0 Å². The maximum atomic E-state index is 12.7. The maximum Gasteiger partial charge on any atom is 0.387 e. The number of carbonyl (C=O) groups excluding carboxylic acids is 2. The highest BCUT2D eigenvalue weighted by Gasteiger charge is 2.14. The quantitative estimate of drug-likeness (QED) is 0.612. The highest BCUT2D eigenvalue weighted by Crippen LogP contribution is 2.33. The Morgan fingerprint density at radius 2 is 1.77 bits per heavy atom. The number of halogens is 2. The van der Waals surface area contributed by atoms with Crippen LogP contribution >= 0.6 is 0 Å². The molecule has 0 aromatic heterocycles. The lowest BCUT2D eigenvalue weighted by molar-refractivity contribution is -0.111. The molecule has 0 saturated heterocycles. The van der Waals surface area contributed by atoms with Gasteiger partial charge in [0.05, 0.1) is 7.11 Å². The fourth-order valence-corrected chi connectivity index (χ4v) is 2.78. The first kappa shape index (κ1) is 22.9. The Hall–Kier alpha value is -3.42. The van der Waals surface area contributed by atoms with Crippen molar-refractivity contribution in [1.82, 2.24) is 4.90 Å². The molecule has 0 aliphatic carbocycles. The number of methoxy groups -OCH3 is 1. The second-order valence-electron chi connectivity index (χ2n) is 6.13. The summed E-state index contributed by atoms with van der Waals surface area (Å²) in [6.07, 6.45) is 2.55. The first-order valence-corrected chi connectivity index (χ1v) is 9.39. The van der Waals surface area contributed by atoms with E-state index in [4.69, 9.17) is 4.74 Å². The zero-order chi connectivity index (χ0) is 22.1. The van der Waals surface area contributed by atoms with E-state index in [0.717, 1.165) is 0 Å². The normalized spacial score (nSPS) is 10.9. The highest BCUT2D eigenvalue weighted by atomic mass is 19.3. The summed E-state index contributed by atoms with van der Waals surface area (Å²) in [7, 11) is 1.34. The molecule has 0 aliphatic heterocycles. The Morgan fingerprint density at radius 1 is 1.10 bits per heavy atom. The van der Waals surface area contributed by atoms with E-state index >= 15 is 0 Å². The van der Waals surface area contributed by atoms with Crippen molar-refractivity contribution in [2.45, 2.75) is 20.5 Å². The lowest BCUT2D eigenvalue weighted by Crippen LogP contribution is -2.30. The van der Waals surface area contributed by atoms with E-state index in [1.165, 1.54) is 31.4 Å². The van der Waals surface area contributed by atoms with E-state index < -0.39 is 12.5 Å². The number of benzene rings is 2. The van der Waals surface area contributed by atoms with Crippen LogP contribution < -0.4 is 14.8 Å². The minimum absolute atomic E-state index is 0.0812. The molecular formula is C22H24F2N2O4. The molecule has 0 saturated carbocycles. The zero-order valence-corrected chi connectivity index (χ0v) is 17.0. The standard InChI is InChI=1S/C22H24F2N2O4/c1-4-26(5-2)21(28)16-9-12-17(13-10-16)25-19(27)14-11-15-7-6-8-18(29-3)20(15)30-22(23)24/h6-14,22H,4-5H2,1-3H3,(H,25,27)/b14-11+. The molecule has 0 unspecified atom stereocenters. The van der Waals surface area contributed by atoms with Crippen LogP contribution in [0.15, 0.2) is 48.5 Å². The van der Waals surface area contributed by atoms with Crippen LogP contribution in [0, 0.1) is 0 Å². The summed E-state index contributed by atoms with van der Waals surface area (Å²) in [6.45, 7) is 2.00. The lowest BCUT2D eigenvalue weighted by atomic mass is 10.1. The van der Waals surface area contributed by atoms with Crippen molar-refractivity contribution in [3.05, 3.63) is 59.7 Å². The molecule has 0 fully saturated rings. The molecule has 0 bridgehead atoms. The maximum absolute atomic E-state index is 12.7. The molecule has 0 atom stereocenters. The van der Waals surface area contributed by atoms with Gasteiger partial charge in [0, 0.05) is 36.0 Å². The van der Waals surface area contributed by atoms with Gasteiger partial charge in [0.25, 0.3) is 5.91 Å². The van der Waals surface area contributed by atoms with E-state index in [-0.39, 0.29) is 23.0 Å². The van der Waals surface area contributed by atoms with Gasteiger partial charge in [-0.15, -0.1) is 0 Å². The van der Waals surface area contributed by atoms with Gasteiger partial charge in [-0.3, -0.25) is 9.59 Å². The highest BCUT2D eigenvalue weighted by molar-refractivity contribution is 6.02. The number of amides is 2. The minimum atomic E-state index is -3.03. The first-order valence-electron chi connectivity index (χ1n) is 9.39. The van der Waals surface area contributed by atoms with Crippen molar-refractivity contribution >= 4 is 23.6 Å². The molecule has 2 aromatic carbocycles. The molecular weight excluding hydrogens is 394 g/mol. The number of hydrogen-bond donors (Lipinski definition) is 1. The van der Waals surface area contributed by atoms with Crippen molar-refractivity contribution in [3.63, 3.8) is 0 Å². The zero-order valence-electron chi connectivity index (χ0n) is 17.0. The van der Waals surface area contributed by atoms with Crippen LogP contribution in [-0.2, 0) is 4.79 Å². The summed E-state index contributed by atoms with van der Waals surface area (Å²) >= 11 is 0. The van der Waals surface area contributed by atoms with Crippen LogP contribution in [0.4, 0.5) is 14.5 Å². The van der Waals surface area contributed by atoms with E-state index in [9.17, 15) is 18.4 Å². The van der Waals surface area contributed by atoms with Gasteiger partial charge in [-0.2, -0.15) is 8.78 Å². The number of hydrogen-bond acceptors (Lipinski definition) is 4. The number of ether oxygens (including phenoxy) is 2. The van der Waals surface area contributed by atoms with Gasteiger partial charge < -0.3 is 19.7 Å². The number of anilines is 1. The predicted molar refractivity (Wildman–Crippen MR) is 111 cm³/mol. The van der Waals surface area contributed by atoms with Crippen molar-refractivity contribution in [1.29, 1.82) is 0 Å². The predicted octanol–water partition coefficient (Wildman–Crippen LogP) is 4.43. The molecule has 6 nitrogen and oxygen atoms in total.